The quantitative estimate of drug-likeness (QED) is 0.767. The van der Waals surface area contributed by atoms with Gasteiger partial charge < -0.3 is 5.32 Å². The van der Waals surface area contributed by atoms with Gasteiger partial charge in [0.15, 0.2) is 0 Å². The van der Waals surface area contributed by atoms with E-state index in [4.69, 9.17) is 16.9 Å². The topological polar surface area (TPSA) is 52.9 Å². The van der Waals surface area contributed by atoms with Gasteiger partial charge in [0.25, 0.3) is 5.91 Å². The maximum absolute atomic E-state index is 12.2. The van der Waals surface area contributed by atoms with Crippen LogP contribution in [0.4, 0.5) is 5.69 Å². The number of hydrogen-bond acceptors (Lipinski definition) is 3. The molecule has 0 bridgehead atoms. The van der Waals surface area contributed by atoms with Gasteiger partial charge in [-0.2, -0.15) is 5.26 Å². The van der Waals surface area contributed by atoms with Gasteiger partial charge in [0.05, 0.1) is 27.9 Å². The summed E-state index contributed by atoms with van der Waals surface area (Å²) in [7, 11) is 0. The molecule has 0 fully saturated rings. The average Bonchev–Trinajstić information content (AvgIpc) is 2.40. The number of rotatable bonds is 2. The average molecular weight is 368 g/mol. The standard InChI is InChI=1S/C14H8BrClN2OS/c15-9-2-3-10(13(20)6-9)14(19)18-12-4-1-8(7-17)5-11(12)16/h1-6,20H,(H,18,19). The molecule has 1 N–H and O–H groups in total. The lowest BCUT2D eigenvalue weighted by atomic mass is 10.2. The molecule has 0 aliphatic rings. The van der Waals surface area contributed by atoms with Gasteiger partial charge in [0, 0.05) is 9.37 Å². The van der Waals surface area contributed by atoms with Crippen LogP contribution in [-0.4, -0.2) is 5.91 Å². The van der Waals surface area contributed by atoms with Crippen molar-refractivity contribution in [2.24, 2.45) is 0 Å². The molecule has 0 atom stereocenters. The normalized spacial score (nSPS) is 9.90. The highest BCUT2D eigenvalue weighted by molar-refractivity contribution is 9.10. The third kappa shape index (κ3) is 3.34. The van der Waals surface area contributed by atoms with E-state index in [0.29, 0.717) is 26.7 Å². The minimum atomic E-state index is -0.311. The molecular formula is C14H8BrClN2OS. The largest absolute Gasteiger partial charge is 0.321 e. The monoisotopic (exact) mass is 366 g/mol. The Morgan fingerprint density at radius 2 is 2.05 bits per heavy atom. The Labute approximate surface area is 135 Å². The van der Waals surface area contributed by atoms with E-state index in [0.717, 1.165) is 4.47 Å². The molecule has 0 aliphatic carbocycles. The van der Waals surface area contributed by atoms with Crippen LogP contribution in [0.3, 0.4) is 0 Å². The van der Waals surface area contributed by atoms with Crippen molar-refractivity contribution in [2.75, 3.05) is 5.32 Å². The molecule has 2 rings (SSSR count). The maximum atomic E-state index is 12.2. The minimum Gasteiger partial charge on any atom is -0.321 e. The first-order valence-electron chi connectivity index (χ1n) is 5.51. The second-order valence-electron chi connectivity index (χ2n) is 3.92. The Hall–Kier alpha value is -1.48. The molecule has 0 unspecified atom stereocenters. The number of thiol groups is 1. The van der Waals surface area contributed by atoms with Gasteiger partial charge in [-0.05, 0) is 36.4 Å². The number of amides is 1. The Kier molecular flexibility index (Phi) is 4.71. The number of benzene rings is 2. The number of halogens is 2. The molecule has 0 heterocycles. The van der Waals surface area contributed by atoms with Crippen molar-refractivity contribution >= 4 is 51.8 Å². The zero-order valence-electron chi connectivity index (χ0n) is 10.0. The zero-order valence-corrected chi connectivity index (χ0v) is 13.3. The van der Waals surface area contributed by atoms with Gasteiger partial charge in [-0.15, -0.1) is 12.6 Å². The smallest absolute Gasteiger partial charge is 0.256 e. The van der Waals surface area contributed by atoms with E-state index >= 15 is 0 Å². The fourth-order valence-corrected chi connectivity index (χ4v) is 2.65. The first-order valence-corrected chi connectivity index (χ1v) is 7.12. The predicted octanol–water partition coefficient (Wildman–Crippen LogP) is 4.52. The summed E-state index contributed by atoms with van der Waals surface area (Å²) < 4.78 is 0.843. The van der Waals surface area contributed by atoms with E-state index in [9.17, 15) is 4.79 Å². The number of nitriles is 1. The van der Waals surface area contributed by atoms with Crippen molar-refractivity contribution < 1.29 is 4.79 Å². The molecule has 100 valence electrons. The van der Waals surface area contributed by atoms with Crippen LogP contribution in [-0.2, 0) is 0 Å². The van der Waals surface area contributed by atoms with Gasteiger partial charge in [-0.1, -0.05) is 27.5 Å². The summed E-state index contributed by atoms with van der Waals surface area (Å²) in [5.74, 6) is -0.311. The number of hydrogen-bond donors (Lipinski definition) is 2. The van der Waals surface area contributed by atoms with E-state index in [1.54, 1.807) is 30.3 Å². The van der Waals surface area contributed by atoms with Crippen molar-refractivity contribution in [2.45, 2.75) is 4.90 Å². The summed E-state index contributed by atoms with van der Waals surface area (Å²) in [4.78, 5) is 12.7. The van der Waals surface area contributed by atoms with Crippen molar-refractivity contribution in [3.63, 3.8) is 0 Å². The lowest BCUT2D eigenvalue weighted by Gasteiger charge is -2.09. The molecule has 20 heavy (non-hydrogen) atoms. The van der Waals surface area contributed by atoms with Crippen LogP contribution in [0.2, 0.25) is 5.02 Å². The SMILES string of the molecule is N#Cc1ccc(NC(=O)c2ccc(Br)cc2S)c(Cl)c1. The summed E-state index contributed by atoms with van der Waals surface area (Å²) in [6, 6.07) is 11.8. The highest BCUT2D eigenvalue weighted by Gasteiger charge is 2.12. The number of carbonyl (C=O) groups is 1. The van der Waals surface area contributed by atoms with Gasteiger partial charge in [-0.3, -0.25) is 4.79 Å². The van der Waals surface area contributed by atoms with Crippen molar-refractivity contribution in [1.29, 1.82) is 5.26 Å². The van der Waals surface area contributed by atoms with E-state index in [-0.39, 0.29) is 5.91 Å². The Balaban J connectivity index is 2.26. The Morgan fingerprint density at radius 1 is 1.30 bits per heavy atom. The van der Waals surface area contributed by atoms with Gasteiger partial charge in [0.1, 0.15) is 0 Å². The maximum Gasteiger partial charge on any atom is 0.256 e. The first-order chi connectivity index (χ1) is 9.51. The molecule has 0 saturated carbocycles. The molecular weight excluding hydrogens is 360 g/mol. The highest BCUT2D eigenvalue weighted by atomic mass is 79.9. The van der Waals surface area contributed by atoms with Crippen LogP contribution in [0.5, 0.6) is 0 Å². The summed E-state index contributed by atoms with van der Waals surface area (Å²) in [5.41, 5.74) is 1.33. The predicted molar refractivity (Wildman–Crippen MR) is 85.5 cm³/mol. The third-order valence-electron chi connectivity index (χ3n) is 2.55. The lowest BCUT2D eigenvalue weighted by molar-refractivity contribution is 0.102. The van der Waals surface area contributed by atoms with Crippen molar-refractivity contribution in [3.8, 4) is 6.07 Å². The van der Waals surface area contributed by atoms with Crippen LogP contribution >= 0.6 is 40.2 Å². The van der Waals surface area contributed by atoms with Crippen molar-refractivity contribution in [1.82, 2.24) is 0 Å². The number of nitrogens with zero attached hydrogens (tertiary/aromatic N) is 1. The van der Waals surface area contributed by atoms with Crippen LogP contribution < -0.4 is 5.32 Å². The molecule has 3 nitrogen and oxygen atoms in total. The molecule has 2 aromatic rings. The fourth-order valence-electron chi connectivity index (χ4n) is 1.57. The van der Waals surface area contributed by atoms with Gasteiger partial charge in [-0.25, -0.2) is 0 Å². The summed E-state index contributed by atoms with van der Waals surface area (Å²) in [6.45, 7) is 0. The summed E-state index contributed by atoms with van der Waals surface area (Å²) >= 11 is 13.6. The Morgan fingerprint density at radius 3 is 2.65 bits per heavy atom. The molecule has 0 aromatic heterocycles. The summed E-state index contributed by atoms with van der Waals surface area (Å²) in [5, 5.41) is 11.8. The Bertz CT molecular complexity index is 728. The zero-order chi connectivity index (χ0) is 14.7. The molecule has 0 saturated heterocycles. The molecule has 0 aliphatic heterocycles. The highest BCUT2D eigenvalue weighted by Crippen LogP contribution is 2.25. The lowest BCUT2D eigenvalue weighted by Crippen LogP contribution is -2.13. The second kappa shape index (κ2) is 6.31. The molecule has 0 spiro atoms. The van der Waals surface area contributed by atoms with E-state index in [2.05, 4.69) is 33.9 Å². The van der Waals surface area contributed by atoms with Crippen LogP contribution in [0.1, 0.15) is 15.9 Å². The van der Waals surface area contributed by atoms with Crippen molar-refractivity contribution in [3.05, 3.63) is 57.0 Å². The first kappa shape index (κ1) is 14.9. The van der Waals surface area contributed by atoms with E-state index in [1.807, 2.05) is 6.07 Å². The number of carbonyl (C=O) groups excluding carboxylic acids is 1. The number of anilines is 1. The fraction of sp³-hybridized carbons (Fsp3) is 0. The van der Waals surface area contributed by atoms with Gasteiger partial charge >= 0.3 is 0 Å². The minimum absolute atomic E-state index is 0.311. The second-order valence-corrected chi connectivity index (χ2v) is 5.73. The number of nitrogens with one attached hydrogen (secondary N) is 1. The molecule has 6 heteroatoms. The molecule has 1 amide bonds. The van der Waals surface area contributed by atoms with Crippen LogP contribution in [0.15, 0.2) is 45.8 Å². The molecule has 2 aromatic carbocycles. The third-order valence-corrected chi connectivity index (χ3v) is 3.73. The summed E-state index contributed by atoms with van der Waals surface area (Å²) in [6.07, 6.45) is 0. The van der Waals surface area contributed by atoms with E-state index in [1.165, 1.54) is 6.07 Å². The van der Waals surface area contributed by atoms with E-state index < -0.39 is 0 Å². The molecule has 0 radical (unpaired) electrons. The van der Waals surface area contributed by atoms with Crippen LogP contribution in [0, 0.1) is 11.3 Å². The van der Waals surface area contributed by atoms with Crippen LogP contribution in [0.25, 0.3) is 0 Å². The van der Waals surface area contributed by atoms with Gasteiger partial charge in [0.2, 0.25) is 0 Å².